The van der Waals surface area contributed by atoms with E-state index < -0.39 is 0 Å². The van der Waals surface area contributed by atoms with Crippen molar-refractivity contribution >= 4 is 11.6 Å². The van der Waals surface area contributed by atoms with Gasteiger partial charge in [-0.05, 0) is 173 Å². The van der Waals surface area contributed by atoms with E-state index in [2.05, 4.69) is 45.0 Å². The molecule has 0 radical (unpaired) electrons. The molecule has 12 heteroatoms. The zero-order valence-electron chi connectivity index (χ0n) is 46.6. The number of rotatable bonds is 11. The Kier molecular flexibility index (Phi) is 31.1. The molecule has 0 aliphatic heterocycles. The minimum atomic E-state index is 0.635. The Bertz CT molecular complexity index is 2560. The Morgan fingerprint density at radius 1 is 0.247 bits per heavy atom. The van der Waals surface area contributed by atoms with Gasteiger partial charge in [0.25, 0.3) is 0 Å². The Hall–Kier alpha value is -7.37. The molecular formula is C61H79ClO11. The number of methoxy groups -OCH3 is 11. The predicted molar refractivity (Wildman–Crippen MR) is 300 cm³/mol. The van der Waals surface area contributed by atoms with Crippen molar-refractivity contribution in [2.45, 2.75) is 55.4 Å². The first-order valence-corrected chi connectivity index (χ1v) is 23.6. The first-order chi connectivity index (χ1) is 34.9. The molecule has 7 aromatic rings. The average Bonchev–Trinajstić information content (AvgIpc) is 3.40. The molecule has 11 nitrogen and oxygen atoms in total. The summed E-state index contributed by atoms with van der Waals surface area (Å²) in [5, 5.41) is 0.669. The van der Waals surface area contributed by atoms with E-state index in [1.54, 1.807) is 78.2 Å². The van der Waals surface area contributed by atoms with Crippen LogP contribution in [0.2, 0.25) is 5.02 Å². The van der Waals surface area contributed by atoms with Crippen LogP contribution in [-0.2, 0) is 0 Å². The van der Waals surface area contributed by atoms with Crippen molar-refractivity contribution in [3.05, 3.63) is 183 Å². The maximum absolute atomic E-state index is 5.80. The van der Waals surface area contributed by atoms with E-state index in [1.165, 1.54) is 22.3 Å². The van der Waals surface area contributed by atoms with E-state index in [4.69, 9.17) is 63.7 Å². The summed E-state index contributed by atoms with van der Waals surface area (Å²) >= 11 is 5.80. The van der Waals surface area contributed by atoms with E-state index in [9.17, 15) is 0 Å². The Morgan fingerprint density at radius 2 is 0.630 bits per heavy atom. The number of halogens is 1. The fraction of sp³-hybridized carbons (Fsp3) is 0.311. The van der Waals surface area contributed by atoms with Crippen LogP contribution in [0.5, 0.6) is 63.2 Å². The zero-order valence-corrected chi connectivity index (χ0v) is 47.3. The molecule has 0 amide bonds. The summed E-state index contributed by atoms with van der Waals surface area (Å²) < 4.78 is 55.8. The number of ether oxygens (including phenoxy) is 11. The highest BCUT2D eigenvalue weighted by Crippen LogP contribution is 2.38. The van der Waals surface area contributed by atoms with Crippen molar-refractivity contribution < 1.29 is 52.1 Å². The highest BCUT2D eigenvalue weighted by Gasteiger charge is 2.11. The molecule has 73 heavy (non-hydrogen) atoms. The van der Waals surface area contributed by atoms with Gasteiger partial charge in [-0.2, -0.15) is 0 Å². The largest absolute Gasteiger partial charge is 0.497 e. The molecule has 0 bridgehead atoms. The lowest BCUT2D eigenvalue weighted by Gasteiger charge is -2.12. The van der Waals surface area contributed by atoms with E-state index in [0.717, 1.165) is 68.2 Å². The predicted octanol–water partition coefficient (Wildman–Crippen LogP) is 15.0. The highest BCUT2D eigenvalue weighted by molar-refractivity contribution is 6.32. The standard InChI is InChI=1S/C10H14O3.3C9H12O2.C8H9ClO.C8H10O.C8H10/c1-7-5-8(11-2)10(13-4)9(6-7)12-3;1-7-4-8(10-2)6-9(5-7)11-3;1-7-6-8(10-2)4-5-9(7)11-3;1-7-4-5-8(10-2)9(6-7)11-3;1-6-3-4-8(10-2)7(9)5-6;1-7-3-5-8(9-2)6-4-7;1-7-5-3-4-6-8(7)2/h5-6H,1-4H3;3*4-6H,1-3H3;3-5H,1-2H3;3-6H,1-2H3;3-6H,1-2H3. The lowest BCUT2D eigenvalue weighted by atomic mass is 10.1. The van der Waals surface area contributed by atoms with Crippen molar-refractivity contribution in [1.29, 1.82) is 0 Å². The van der Waals surface area contributed by atoms with Crippen LogP contribution >= 0.6 is 11.6 Å². The smallest absolute Gasteiger partial charge is 0.203 e. The molecule has 7 aromatic carbocycles. The van der Waals surface area contributed by atoms with Gasteiger partial charge in [-0.1, -0.05) is 65.7 Å². The van der Waals surface area contributed by atoms with Crippen LogP contribution in [0.15, 0.2) is 133 Å². The summed E-state index contributed by atoms with van der Waals surface area (Å²) in [6.07, 6.45) is 0. The van der Waals surface area contributed by atoms with Gasteiger partial charge in [0.2, 0.25) is 5.75 Å². The van der Waals surface area contributed by atoms with Crippen molar-refractivity contribution in [2.75, 3.05) is 78.2 Å². The molecule has 0 heterocycles. The highest BCUT2D eigenvalue weighted by atomic mass is 35.5. The number of hydrogen-bond acceptors (Lipinski definition) is 11. The molecule has 0 fully saturated rings. The van der Waals surface area contributed by atoms with Crippen molar-refractivity contribution in [3.63, 3.8) is 0 Å². The number of benzene rings is 7. The summed E-state index contributed by atoms with van der Waals surface area (Å²) in [6.45, 7) is 16.3. The van der Waals surface area contributed by atoms with Gasteiger partial charge in [-0.15, -0.1) is 0 Å². The van der Waals surface area contributed by atoms with Crippen LogP contribution in [-0.4, -0.2) is 78.2 Å². The lowest BCUT2D eigenvalue weighted by Crippen LogP contribution is -1.95. The third-order valence-electron chi connectivity index (χ3n) is 10.4. The van der Waals surface area contributed by atoms with Crippen molar-refractivity contribution in [1.82, 2.24) is 0 Å². The first kappa shape index (κ1) is 63.6. The van der Waals surface area contributed by atoms with Crippen molar-refractivity contribution in [2.24, 2.45) is 0 Å². The molecular weight excluding hydrogens is 944 g/mol. The second-order valence-corrected chi connectivity index (χ2v) is 16.4. The molecule has 0 aromatic heterocycles. The molecule has 0 spiro atoms. The van der Waals surface area contributed by atoms with Gasteiger partial charge in [0.15, 0.2) is 23.0 Å². The molecule has 0 N–H and O–H groups in total. The van der Waals surface area contributed by atoms with Gasteiger partial charge in [0.1, 0.15) is 34.5 Å². The van der Waals surface area contributed by atoms with Gasteiger partial charge < -0.3 is 52.1 Å². The fourth-order valence-electron chi connectivity index (χ4n) is 6.19. The second-order valence-electron chi connectivity index (χ2n) is 16.0. The minimum absolute atomic E-state index is 0.635. The molecule has 0 atom stereocenters. The lowest BCUT2D eigenvalue weighted by molar-refractivity contribution is 0.324. The minimum Gasteiger partial charge on any atom is -0.497 e. The Balaban J connectivity index is 0.000000428. The summed E-state index contributed by atoms with van der Waals surface area (Å²) in [6, 6.07) is 43.1. The second kappa shape index (κ2) is 35.7. The monoisotopic (exact) mass is 1020 g/mol. The van der Waals surface area contributed by atoms with Gasteiger partial charge in [0.05, 0.1) is 83.2 Å². The summed E-state index contributed by atoms with van der Waals surface area (Å²) in [7, 11) is 18.0. The quantitative estimate of drug-likeness (QED) is 0.124. The van der Waals surface area contributed by atoms with Crippen LogP contribution in [0.1, 0.15) is 44.5 Å². The van der Waals surface area contributed by atoms with E-state index in [1.807, 2.05) is 144 Å². The molecule has 0 aliphatic rings. The van der Waals surface area contributed by atoms with E-state index in [0.29, 0.717) is 22.3 Å². The van der Waals surface area contributed by atoms with Gasteiger partial charge in [-0.3, -0.25) is 0 Å². The third kappa shape index (κ3) is 24.1. The maximum Gasteiger partial charge on any atom is 0.203 e. The molecule has 396 valence electrons. The maximum atomic E-state index is 5.80. The normalized spacial score (nSPS) is 9.37. The molecule has 0 saturated heterocycles. The summed E-state index contributed by atoms with van der Waals surface area (Å²) in [5.74, 6) is 8.66. The van der Waals surface area contributed by atoms with Gasteiger partial charge >= 0.3 is 0 Å². The Labute approximate surface area is 441 Å². The Morgan fingerprint density at radius 3 is 1.03 bits per heavy atom. The van der Waals surface area contributed by atoms with Crippen molar-refractivity contribution in [3.8, 4) is 63.2 Å². The average molecular weight is 1020 g/mol. The summed E-state index contributed by atoms with van der Waals surface area (Å²) in [4.78, 5) is 0. The van der Waals surface area contributed by atoms with Crippen LogP contribution in [0, 0.1) is 55.4 Å². The van der Waals surface area contributed by atoms with Crippen LogP contribution < -0.4 is 52.1 Å². The van der Waals surface area contributed by atoms with Gasteiger partial charge in [0, 0.05) is 6.07 Å². The molecule has 7 rings (SSSR count). The number of hydrogen-bond donors (Lipinski definition) is 0. The van der Waals surface area contributed by atoms with E-state index >= 15 is 0 Å². The topological polar surface area (TPSA) is 102 Å². The third-order valence-corrected chi connectivity index (χ3v) is 10.7. The van der Waals surface area contributed by atoms with Crippen LogP contribution in [0.3, 0.4) is 0 Å². The van der Waals surface area contributed by atoms with Gasteiger partial charge in [-0.25, -0.2) is 0 Å². The van der Waals surface area contributed by atoms with Crippen LogP contribution in [0.4, 0.5) is 0 Å². The molecule has 0 unspecified atom stereocenters. The molecule has 0 saturated carbocycles. The first-order valence-electron chi connectivity index (χ1n) is 23.2. The molecule has 0 aliphatic carbocycles. The summed E-state index contributed by atoms with van der Waals surface area (Å²) in [5.41, 5.74) is 9.62. The number of aryl methyl sites for hydroxylation is 8. The zero-order chi connectivity index (χ0) is 54.9. The van der Waals surface area contributed by atoms with E-state index in [-0.39, 0.29) is 0 Å². The SMILES string of the molecule is COc1cc(C)cc(OC)c1.COc1cc(C)cc(OC)c1OC.COc1ccc(C)cc1.COc1ccc(C)cc1Cl.COc1ccc(C)cc1OC.COc1ccc(OC)c(C)c1.Cc1ccccc1C. The van der Waals surface area contributed by atoms with Crippen LogP contribution in [0.25, 0.3) is 0 Å². The fourth-order valence-corrected chi connectivity index (χ4v) is 6.50.